The van der Waals surface area contributed by atoms with E-state index in [2.05, 4.69) is 40.4 Å². The fourth-order valence-electron chi connectivity index (χ4n) is 3.03. The minimum absolute atomic E-state index is 0.0478. The number of nitrogens with two attached hydrogens (primary N) is 1. The maximum Gasteiger partial charge on any atom is 0.137 e. The molecule has 2 aromatic heterocycles. The first kappa shape index (κ1) is 16.8. The van der Waals surface area contributed by atoms with Crippen LogP contribution in [0.3, 0.4) is 0 Å². The van der Waals surface area contributed by atoms with Crippen LogP contribution >= 0.6 is 22.9 Å². The summed E-state index contributed by atoms with van der Waals surface area (Å²) in [6.07, 6.45) is 1.57. The summed E-state index contributed by atoms with van der Waals surface area (Å²) in [5, 5.41) is 4.42. The molecule has 2 aromatic carbocycles. The number of rotatable bonds is 4. The third-order valence-electron chi connectivity index (χ3n) is 4.28. The van der Waals surface area contributed by atoms with E-state index in [1.807, 2.05) is 36.4 Å². The minimum Gasteiger partial charge on any atom is -0.399 e. The Morgan fingerprint density at radius 1 is 1.08 bits per heavy atom. The maximum absolute atomic E-state index is 6.13. The highest BCUT2D eigenvalue weighted by atomic mass is 35.5. The second-order valence-electron chi connectivity index (χ2n) is 6.06. The van der Waals surface area contributed by atoms with Crippen LogP contribution in [-0.4, -0.2) is 9.97 Å². The molecule has 0 aliphatic carbocycles. The first-order valence-corrected chi connectivity index (χ1v) is 9.42. The molecule has 0 spiro atoms. The van der Waals surface area contributed by atoms with Crippen LogP contribution in [0.15, 0.2) is 60.9 Å². The van der Waals surface area contributed by atoms with E-state index in [1.165, 1.54) is 11.1 Å². The summed E-state index contributed by atoms with van der Waals surface area (Å²) in [6, 6.07) is 18.0. The van der Waals surface area contributed by atoms with E-state index >= 15 is 0 Å². The summed E-state index contributed by atoms with van der Waals surface area (Å²) in [6.45, 7) is 2.12. The Kier molecular flexibility index (Phi) is 4.49. The third kappa shape index (κ3) is 3.23. The Bertz CT molecular complexity index is 1080. The molecular formula is C20H17ClN4S. The lowest BCUT2D eigenvalue weighted by atomic mass is 10.00. The van der Waals surface area contributed by atoms with E-state index in [1.54, 1.807) is 17.7 Å². The van der Waals surface area contributed by atoms with Crippen molar-refractivity contribution in [3.8, 4) is 10.4 Å². The molecule has 0 saturated carbocycles. The first-order chi connectivity index (χ1) is 12.6. The monoisotopic (exact) mass is 380 g/mol. The zero-order valence-electron chi connectivity index (χ0n) is 14.1. The molecule has 26 heavy (non-hydrogen) atoms. The van der Waals surface area contributed by atoms with Crippen molar-refractivity contribution < 1.29 is 0 Å². The molecule has 1 unspecified atom stereocenters. The summed E-state index contributed by atoms with van der Waals surface area (Å²) in [4.78, 5) is 9.88. The minimum atomic E-state index is 0.0478. The molecular weight excluding hydrogens is 364 g/mol. The average Bonchev–Trinajstić information content (AvgIpc) is 3.08. The van der Waals surface area contributed by atoms with Crippen molar-refractivity contribution in [1.29, 1.82) is 0 Å². The number of aromatic nitrogens is 2. The van der Waals surface area contributed by atoms with Crippen molar-refractivity contribution in [2.24, 2.45) is 0 Å². The molecule has 4 nitrogen and oxygen atoms in total. The van der Waals surface area contributed by atoms with Crippen LogP contribution in [0.25, 0.3) is 21.3 Å². The molecule has 130 valence electrons. The summed E-state index contributed by atoms with van der Waals surface area (Å²) in [5.74, 6) is 0.772. The van der Waals surface area contributed by atoms with E-state index in [4.69, 9.17) is 17.3 Å². The molecule has 0 saturated heterocycles. The molecule has 0 amide bonds. The number of halogens is 1. The second-order valence-corrected chi connectivity index (χ2v) is 7.77. The van der Waals surface area contributed by atoms with Gasteiger partial charge in [-0.2, -0.15) is 0 Å². The van der Waals surface area contributed by atoms with E-state index in [9.17, 15) is 0 Å². The van der Waals surface area contributed by atoms with Crippen molar-refractivity contribution in [2.75, 3.05) is 11.1 Å². The maximum atomic E-state index is 6.13. The number of hydrogen-bond donors (Lipinski definition) is 2. The van der Waals surface area contributed by atoms with Crippen LogP contribution in [0.2, 0.25) is 4.34 Å². The second kappa shape index (κ2) is 6.94. The van der Waals surface area contributed by atoms with E-state index in [-0.39, 0.29) is 6.04 Å². The summed E-state index contributed by atoms with van der Waals surface area (Å²) in [5.41, 5.74) is 9.85. The van der Waals surface area contributed by atoms with E-state index in [0.29, 0.717) is 5.69 Å². The Morgan fingerprint density at radius 2 is 1.92 bits per heavy atom. The number of benzene rings is 2. The zero-order chi connectivity index (χ0) is 18.1. The molecule has 2 heterocycles. The molecule has 0 bridgehead atoms. The number of hydrogen-bond acceptors (Lipinski definition) is 5. The van der Waals surface area contributed by atoms with Crippen molar-refractivity contribution in [1.82, 2.24) is 9.97 Å². The van der Waals surface area contributed by atoms with Crippen molar-refractivity contribution in [2.45, 2.75) is 13.0 Å². The first-order valence-electron chi connectivity index (χ1n) is 8.23. The molecule has 0 fully saturated rings. The lowest BCUT2D eigenvalue weighted by molar-refractivity contribution is 0.878. The smallest absolute Gasteiger partial charge is 0.137 e. The molecule has 4 rings (SSSR count). The SMILES string of the molecule is CC(Nc1ncnc2ccc(N)cc12)c1ccccc1-c1ccc(Cl)s1. The topological polar surface area (TPSA) is 63.8 Å². The highest BCUT2D eigenvalue weighted by Crippen LogP contribution is 2.36. The standard InChI is InChI=1S/C20H17ClN4S/c1-12(14-4-2-3-5-15(14)18-8-9-19(21)26-18)25-20-16-10-13(22)6-7-17(16)23-11-24-20/h2-12H,22H2,1H3,(H,23,24,25). The zero-order valence-corrected chi connectivity index (χ0v) is 15.7. The highest BCUT2D eigenvalue weighted by molar-refractivity contribution is 7.19. The van der Waals surface area contributed by atoms with E-state index < -0.39 is 0 Å². The quantitative estimate of drug-likeness (QED) is 0.441. The van der Waals surface area contributed by atoms with Gasteiger partial charge >= 0.3 is 0 Å². The number of fused-ring (bicyclic) bond motifs is 1. The molecule has 3 N–H and O–H groups in total. The van der Waals surface area contributed by atoms with Gasteiger partial charge in [-0.15, -0.1) is 11.3 Å². The van der Waals surface area contributed by atoms with Crippen LogP contribution < -0.4 is 11.1 Å². The van der Waals surface area contributed by atoms with Crippen molar-refractivity contribution in [3.63, 3.8) is 0 Å². The van der Waals surface area contributed by atoms with Crippen LogP contribution in [0, 0.1) is 0 Å². The predicted octanol–water partition coefficient (Wildman–Crippen LogP) is 5.77. The van der Waals surface area contributed by atoms with Gasteiger partial charge in [0.25, 0.3) is 0 Å². The van der Waals surface area contributed by atoms with Crippen LogP contribution in [-0.2, 0) is 0 Å². The normalized spacial score (nSPS) is 12.2. The number of nitrogens with one attached hydrogen (secondary N) is 1. The highest BCUT2D eigenvalue weighted by Gasteiger charge is 2.15. The molecule has 4 aromatic rings. The van der Waals surface area contributed by atoms with Gasteiger partial charge in [-0.05, 0) is 48.4 Å². The van der Waals surface area contributed by atoms with Crippen molar-refractivity contribution in [3.05, 3.63) is 70.8 Å². The Morgan fingerprint density at radius 3 is 2.73 bits per heavy atom. The molecule has 0 radical (unpaired) electrons. The van der Waals surface area contributed by atoms with Crippen molar-refractivity contribution >= 4 is 45.3 Å². The van der Waals surface area contributed by atoms with Gasteiger partial charge in [-0.25, -0.2) is 9.97 Å². The van der Waals surface area contributed by atoms with Gasteiger partial charge in [0.2, 0.25) is 0 Å². The number of thiophene rings is 1. The lowest BCUT2D eigenvalue weighted by Crippen LogP contribution is -2.09. The van der Waals surface area contributed by atoms with Gasteiger partial charge < -0.3 is 11.1 Å². The Labute approximate surface area is 160 Å². The fourth-order valence-corrected chi connectivity index (χ4v) is 4.12. The van der Waals surface area contributed by atoms with Gasteiger partial charge in [0, 0.05) is 16.0 Å². The van der Waals surface area contributed by atoms with Crippen LogP contribution in [0.5, 0.6) is 0 Å². The van der Waals surface area contributed by atoms with Gasteiger partial charge in [0.1, 0.15) is 12.1 Å². The Hall–Kier alpha value is -2.63. The molecule has 0 aliphatic rings. The number of anilines is 2. The third-order valence-corrected chi connectivity index (χ3v) is 5.54. The summed E-state index contributed by atoms with van der Waals surface area (Å²) >= 11 is 7.70. The molecule has 0 aliphatic heterocycles. The molecule has 6 heteroatoms. The van der Waals surface area contributed by atoms with Gasteiger partial charge in [-0.1, -0.05) is 35.9 Å². The average molecular weight is 381 g/mol. The van der Waals surface area contributed by atoms with Gasteiger partial charge in [0.15, 0.2) is 0 Å². The van der Waals surface area contributed by atoms with Gasteiger partial charge in [0.05, 0.1) is 15.9 Å². The largest absolute Gasteiger partial charge is 0.399 e. The van der Waals surface area contributed by atoms with Gasteiger partial charge in [-0.3, -0.25) is 0 Å². The fraction of sp³-hybridized carbons (Fsp3) is 0.100. The molecule has 1 atom stereocenters. The number of nitrogens with zero attached hydrogens (tertiary/aromatic N) is 2. The lowest BCUT2D eigenvalue weighted by Gasteiger charge is -2.19. The van der Waals surface area contributed by atoms with Crippen LogP contribution in [0.4, 0.5) is 11.5 Å². The number of nitrogen functional groups attached to an aromatic ring is 1. The summed E-state index contributed by atoms with van der Waals surface area (Å²) in [7, 11) is 0. The predicted molar refractivity (Wildman–Crippen MR) is 111 cm³/mol. The Balaban J connectivity index is 1.72. The van der Waals surface area contributed by atoms with E-state index in [0.717, 1.165) is 25.9 Å². The van der Waals surface area contributed by atoms with Crippen LogP contribution in [0.1, 0.15) is 18.5 Å². The summed E-state index contributed by atoms with van der Waals surface area (Å²) < 4.78 is 0.785.